The van der Waals surface area contributed by atoms with Gasteiger partial charge in [-0.15, -0.1) is 12.4 Å². The number of hydrogen-bond acceptors (Lipinski definition) is 3. The molecular weight excluding hydrogens is 324 g/mol. The van der Waals surface area contributed by atoms with Crippen molar-refractivity contribution in [1.82, 2.24) is 10.2 Å². The number of ether oxygens (including phenoxy) is 1. The Balaban J connectivity index is 0.00000169. The van der Waals surface area contributed by atoms with Gasteiger partial charge in [-0.25, -0.2) is 0 Å². The lowest BCUT2D eigenvalue weighted by Gasteiger charge is -2.37. The van der Waals surface area contributed by atoms with Gasteiger partial charge >= 0.3 is 0 Å². The van der Waals surface area contributed by atoms with Crippen molar-refractivity contribution >= 4 is 18.3 Å². The summed E-state index contributed by atoms with van der Waals surface area (Å²) in [7, 11) is 0. The topological polar surface area (TPSA) is 41.6 Å². The summed E-state index contributed by atoms with van der Waals surface area (Å²) in [5.41, 5.74) is 1.60. The number of morpholine rings is 1. The Kier molecular flexibility index (Phi) is 5.48. The summed E-state index contributed by atoms with van der Waals surface area (Å²) in [5.74, 6) is 0.650. The Morgan fingerprint density at radius 3 is 2.75 bits per heavy atom. The predicted octanol–water partition coefficient (Wildman–Crippen LogP) is 2.27. The van der Waals surface area contributed by atoms with Crippen LogP contribution in [0, 0.1) is 11.3 Å². The molecule has 1 N–H and O–H groups in total. The van der Waals surface area contributed by atoms with Gasteiger partial charge in [0, 0.05) is 12.5 Å². The maximum Gasteiger partial charge on any atom is 0.226 e. The van der Waals surface area contributed by atoms with Crippen LogP contribution < -0.4 is 5.32 Å². The van der Waals surface area contributed by atoms with Crippen LogP contribution in [0.2, 0.25) is 0 Å². The number of rotatable bonds is 3. The lowest BCUT2D eigenvalue weighted by molar-refractivity contribution is -0.142. The van der Waals surface area contributed by atoms with Crippen molar-refractivity contribution in [1.29, 1.82) is 0 Å². The number of nitrogens with one attached hydrogen (secondary N) is 1. The van der Waals surface area contributed by atoms with E-state index < -0.39 is 0 Å². The smallest absolute Gasteiger partial charge is 0.226 e. The van der Waals surface area contributed by atoms with Crippen LogP contribution in [0.25, 0.3) is 0 Å². The third-order valence-corrected chi connectivity index (χ3v) is 5.91. The van der Waals surface area contributed by atoms with Gasteiger partial charge in [0.15, 0.2) is 0 Å². The van der Waals surface area contributed by atoms with Gasteiger partial charge in [-0.3, -0.25) is 4.79 Å². The molecule has 1 aromatic rings. The first kappa shape index (κ1) is 17.7. The number of amides is 1. The maximum atomic E-state index is 13.1. The lowest BCUT2D eigenvalue weighted by Crippen LogP contribution is -2.51. The average molecular weight is 351 g/mol. The Morgan fingerprint density at radius 2 is 2.00 bits per heavy atom. The molecule has 2 aliphatic heterocycles. The molecule has 1 saturated carbocycles. The first-order valence-corrected chi connectivity index (χ1v) is 8.91. The monoisotopic (exact) mass is 350 g/mol. The van der Waals surface area contributed by atoms with E-state index in [-0.39, 0.29) is 24.4 Å². The van der Waals surface area contributed by atoms with E-state index in [4.69, 9.17) is 4.74 Å². The summed E-state index contributed by atoms with van der Waals surface area (Å²) in [5, 5.41) is 3.42. The van der Waals surface area contributed by atoms with E-state index in [0.717, 1.165) is 45.3 Å². The molecule has 1 aromatic carbocycles. The summed E-state index contributed by atoms with van der Waals surface area (Å²) >= 11 is 0. The standard InChI is InChI=1S/C19H26N2O2.ClH/c22-18(17-13-19(17)6-8-20-9-7-19)21-10-11-23-14-16(21)12-15-4-2-1-3-5-15;/h1-5,16-17,20H,6-14H2;1H. The molecule has 0 bridgehead atoms. The van der Waals surface area contributed by atoms with Crippen LogP contribution in [0.4, 0.5) is 0 Å². The molecule has 0 radical (unpaired) electrons. The van der Waals surface area contributed by atoms with Crippen molar-refractivity contribution in [2.75, 3.05) is 32.8 Å². The predicted molar refractivity (Wildman–Crippen MR) is 96.4 cm³/mol. The maximum absolute atomic E-state index is 13.1. The van der Waals surface area contributed by atoms with E-state index in [0.29, 0.717) is 24.5 Å². The summed E-state index contributed by atoms with van der Waals surface area (Å²) in [4.78, 5) is 15.2. The SMILES string of the molecule is Cl.O=C(C1CC12CCNCC2)N1CCOCC1Cc1ccccc1. The first-order valence-electron chi connectivity index (χ1n) is 8.91. The Labute approximate surface area is 150 Å². The minimum absolute atomic E-state index is 0. The van der Waals surface area contributed by atoms with Crippen molar-refractivity contribution in [3.05, 3.63) is 35.9 Å². The summed E-state index contributed by atoms with van der Waals surface area (Å²) in [6.07, 6.45) is 4.32. The van der Waals surface area contributed by atoms with E-state index in [9.17, 15) is 4.79 Å². The van der Waals surface area contributed by atoms with Gasteiger partial charge in [-0.05, 0) is 49.8 Å². The van der Waals surface area contributed by atoms with Gasteiger partial charge in [-0.2, -0.15) is 0 Å². The van der Waals surface area contributed by atoms with Crippen LogP contribution in [0.15, 0.2) is 30.3 Å². The van der Waals surface area contributed by atoms with E-state index >= 15 is 0 Å². The van der Waals surface area contributed by atoms with Crippen molar-refractivity contribution in [2.24, 2.45) is 11.3 Å². The molecule has 132 valence electrons. The van der Waals surface area contributed by atoms with Gasteiger partial charge in [0.25, 0.3) is 0 Å². The Bertz CT molecular complexity index is 560. The van der Waals surface area contributed by atoms with Crippen LogP contribution in [0.5, 0.6) is 0 Å². The highest BCUT2D eigenvalue weighted by Gasteiger charge is 2.59. The number of halogens is 1. The molecule has 2 unspecified atom stereocenters. The minimum atomic E-state index is 0. The second-order valence-corrected chi connectivity index (χ2v) is 7.32. The Morgan fingerprint density at radius 1 is 1.25 bits per heavy atom. The van der Waals surface area contributed by atoms with Gasteiger partial charge in [0.2, 0.25) is 5.91 Å². The zero-order chi connectivity index (χ0) is 15.7. The third kappa shape index (κ3) is 3.46. The van der Waals surface area contributed by atoms with E-state index in [2.05, 4.69) is 34.5 Å². The molecule has 2 saturated heterocycles. The summed E-state index contributed by atoms with van der Waals surface area (Å²) < 4.78 is 5.67. The second kappa shape index (κ2) is 7.42. The summed E-state index contributed by atoms with van der Waals surface area (Å²) in [6, 6.07) is 10.6. The molecule has 4 rings (SSSR count). The van der Waals surface area contributed by atoms with Crippen LogP contribution in [-0.4, -0.2) is 49.7 Å². The molecule has 1 spiro atoms. The number of carbonyl (C=O) groups excluding carboxylic acids is 1. The van der Waals surface area contributed by atoms with Crippen LogP contribution in [-0.2, 0) is 16.0 Å². The fourth-order valence-electron chi connectivity index (χ4n) is 4.37. The number of nitrogens with zero attached hydrogens (tertiary/aromatic N) is 1. The van der Waals surface area contributed by atoms with E-state index in [1.807, 2.05) is 6.07 Å². The van der Waals surface area contributed by atoms with Gasteiger partial charge in [0.05, 0.1) is 19.3 Å². The summed E-state index contributed by atoms with van der Waals surface area (Å²) in [6.45, 7) is 4.24. The van der Waals surface area contributed by atoms with Crippen molar-refractivity contribution in [3.63, 3.8) is 0 Å². The number of carbonyl (C=O) groups is 1. The van der Waals surface area contributed by atoms with Gasteiger partial charge < -0.3 is 15.0 Å². The largest absolute Gasteiger partial charge is 0.377 e. The molecule has 0 aromatic heterocycles. The van der Waals surface area contributed by atoms with E-state index in [1.165, 1.54) is 5.56 Å². The van der Waals surface area contributed by atoms with Crippen LogP contribution in [0.1, 0.15) is 24.8 Å². The lowest BCUT2D eigenvalue weighted by atomic mass is 9.91. The zero-order valence-corrected chi connectivity index (χ0v) is 14.9. The highest BCUT2D eigenvalue weighted by Crippen LogP contribution is 2.59. The number of hydrogen-bond donors (Lipinski definition) is 1. The quantitative estimate of drug-likeness (QED) is 0.909. The third-order valence-electron chi connectivity index (χ3n) is 5.91. The molecule has 1 amide bonds. The number of piperidine rings is 1. The fourth-order valence-corrected chi connectivity index (χ4v) is 4.37. The molecular formula is C19H27ClN2O2. The molecule has 1 aliphatic carbocycles. The van der Waals surface area contributed by atoms with Crippen LogP contribution >= 0.6 is 12.4 Å². The molecule has 24 heavy (non-hydrogen) atoms. The Hall–Kier alpha value is -1.10. The number of benzene rings is 1. The highest BCUT2D eigenvalue weighted by molar-refractivity contribution is 5.85. The normalized spacial score (nSPS) is 28.2. The molecule has 4 nitrogen and oxygen atoms in total. The van der Waals surface area contributed by atoms with Crippen molar-refractivity contribution < 1.29 is 9.53 Å². The average Bonchev–Trinajstić information content (AvgIpc) is 3.29. The minimum Gasteiger partial charge on any atom is -0.377 e. The molecule has 2 heterocycles. The van der Waals surface area contributed by atoms with Gasteiger partial charge in [-0.1, -0.05) is 30.3 Å². The first-order chi connectivity index (χ1) is 11.3. The zero-order valence-electron chi connectivity index (χ0n) is 14.1. The highest BCUT2D eigenvalue weighted by atomic mass is 35.5. The molecule has 3 aliphatic rings. The van der Waals surface area contributed by atoms with Crippen molar-refractivity contribution in [2.45, 2.75) is 31.7 Å². The van der Waals surface area contributed by atoms with Crippen LogP contribution in [0.3, 0.4) is 0 Å². The molecule has 2 atom stereocenters. The molecule has 5 heteroatoms. The van der Waals surface area contributed by atoms with Gasteiger partial charge in [0.1, 0.15) is 0 Å². The molecule has 3 fully saturated rings. The fraction of sp³-hybridized carbons (Fsp3) is 0.632. The second-order valence-electron chi connectivity index (χ2n) is 7.32. The van der Waals surface area contributed by atoms with Crippen molar-refractivity contribution in [3.8, 4) is 0 Å². The van der Waals surface area contributed by atoms with E-state index in [1.54, 1.807) is 0 Å².